The maximum absolute atomic E-state index is 10.9. The first-order valence-corrected chi connectivity index (χ1v) is 5.38. The number of nitrogens with two attached hydrogens (primary N) is 1. The summed E-state index contributed by atoms with van der Waals surface area (Å²) < 4.78 is 0. The third kappa shape index (κ3) is 3.05. The van der Waals surface area contributed by atoms with E-state index in [1.165, 1.54) is 12.1 Å². The molecule has 18 heavy (non-hydrogen) atoms. The van der Waals surface area contributed by atoms with Crippen molar-refractivity contribution in [3.63, 3.8) is 0 Å². The molecule has 3 N–H and O–H groups in total. The summed E-state index contributed by atoms with van der Waals surface area (Å²) in [5.74, 6) is 5.79. The van der Waals surface area contributed by atoms with E-state index < -0.39 is 4.92 Å². The molecule has 0 aliphatic heterocycles. The Labute approximate surface area is 104 Å². The molecule has 0 bridgehead atoms. The standard InChI is InChI=1S/C10H14N6O2/c1-2-15(7-3-6-11)10-8(16(17)18)4-5-9(13-10)14-12/h4-5H,2-3,7,12H2,1H3,(H,13,14). The maximum atomic E-state index is 10.9. The number of nitro groups is 1. The number of aromatic nitrogens is 1. The van der Waals surface area contributed by atoms with Crippen molar-refractivity contribution < 1.29 is 4.92 Å². The minimum atomic E-state index is -0.502. The summed E-state index contributed by atoms with van der Waals surface area (Å²) >= 11 is 0. The average Bonchev–Trinajstić information content (AvgIpc) is 2.39. The van der Waals surface area contributed by atoms with Crippen molar-refractivity contribution >= 4 is 17.3 Å². The summed E-state index contributed by atoms with van der Waals surface area (Å²) in [5, 5.41) is 19.5. The van der Waals surface area contributed by atoms with Crippen molar-refractivity contribution in [3.8, 4) is 6.07 Å². The van der Waals surface area contributed by atoms with Crippen molar-refractivity contribution in [2.24, 2.45) is 5.84 Å². The quantitative estimate of drug-likeness (QED) is 0.439. The largest absolute Gasteiger partial charge is 0.350 e. The van der Waals surface area contributed by atoms with Crippen LogP contribution in [0.2, 0.25) is 0 Å². The molecule has 0 unspecified atom stereocenters. The van der Waals surface area contributed by atoms with Gasteiger partial charge in [0.25, 0.3) is 0 Å². The van der Waals surface area contributed by atoms with Gasteiger partial charge in [0.05, 0.1) is 17.4 Å². The minimum absolute atomic E-state index is 0.103. The van der Waals surface area contributed by atoms with E-state index in [0.29, 0.717) is 18.9 Å². The molecule has 1 aromatic rings. The number of nitrogens with zero attached hydrogens (tertiary/aromatic N) is 4. The summed E-state index contributed by atoms with van der Waals surface area (Å²) in [5.41, 5.74) is 2.24. The van der Waals surface area contributed by atoms with E-state index >= 15 is 0 Å². The average molecular weight is 250 g/mol. The zero-order valence-corrected chi connectivity index (χ0v) is 9.96. The first-order valence-electron chi connectivity index (χ1n) is 5.38. The van der Waals surface area contributed by atoms with Gasteiger partial charge < -0.3 is 10.3 Å². The molecule has 8 nitrogen and oxygen atoms in total. The van der Waals surface area contributed by atoms with Crippen molar-refractivity contribution in [2.45, 2.75) is 13.3 Å². The van der Waals surface area contributed by atoms with Gasteiger partial charge in [-0.15, -0.1) is 0 Å². The molecule has 1 aromatic heterocycles. The van der Waals surface area contributed by atoms with Gasteiger partial charge >= 0.3 is 5.69 Å². The van der Waals surface area contributed by atoms with E-state index in [9.17, 15) is 10.1 Å². The van der Waals surface area contributed by atoms with Gasteiger partial charge in [0.15, 0.2) is 0 Å². The monoisotopic (exact) mass is 250 g/mol. The van der Waals surface area contributed by atoms with Crippen molar-refractivity contribution in [3.05, 3.63) is 22.2 Å². The summed E-state index contributed by atoms with van der Waals surface area (Å²) in [4.78, 5) is 16.2. The summed E-state index contributed by atoms with van der Waals surface area (Å²) in [7, 11) is 0. The molecule has 0 fully saturated rings. The Bertz CT molecular complexity index is 470. The molecular formula is C10H14N6O2. The first-order chi connectivity index (χ1) is 8.63. The number of hydrogen-bond acceptors (Lipinski definition) is 7. The Balaban J connectivity index is 3.16. The van der Waals surface area contributed by atoms with Crippen molar-refractivity contribution in [2.75, 3.05) is 23.4 Å². The van der Waals surface area contributed by atoms with Crippen LogP contribution in [0.5, 0.6) is 0 Å². The Morgan fingerprint density at radius 1 is 1.67 bits per heavy atom. The lowest BCUT2D eigenvalue weighted by Crippen LogP contribution is -2.26. The minimum Gasteiger partial charge on any atom is -0.350 e. The lowest BCUT2D eigenvalue weighted by molar-refractivity contribution is -0.384. The van der Waals surface area contributed by atoms with Crippen LogP contribution in [0.4, 0.5) is 17.3 Å². The summed E-state index contributed by atoms with van der Waals surface area (Å²) in [6, 6.07) is 4.77. The van der Waals surface area contributed by atoms with E-state index in [-0.39, 0.29) is 17.9 Å². The van der Waals surface area contributed by atoms with Gasteiger partial charge in [-0.2, -0.15) is 5.26 Å². The van der Waals surface area contributed by atoms with Gasteiger partial charge in [-0.25, -0.2) is 10.8 Å². The summed E-state index contributed by atoms with van der Waals surface area (Å²) in [6.07, 6.45) is 0.271. The molecule has 0 atom stereocenters. The highest BCUT2D eigenvalue weighted by atomic mass is 16.6. The summed E-state index contributed by atoms with van der Waals surface area (Å²) in [6.45, 7) is 2.74. The van der Waals surface area contributed by atoms with Crippen LogP contribution in [-0.2, 0) is 0 Å². The van der Waals surface area contributed by atoms with Gasteiger partial charge in [0.2, 0.25) is 5.82 Å². The molecule has 0 aliphatic rings. The fraction of sp³-hybridized carbons (Fsp3) is 0.400. The number of hydrogen-bond donors (Lipinski definition) is 2. The van der Waals surface area contributed by atoms with E-state index in [0.717, 1.165) is 0 Å². The second-order valence-corrected chi connectivity index (χ2v) is 3.43. The van der Waals surface area contributed by atoms with Crippen LogP contribution >= 0.6 is 0 Å². The van der Waals surface area contributed by atoms with E-state index in [1.807, 2.05) is 13.0 Å². The van der Waals surface area contributed by atoms with Gasteiger partial charge in [0.1, 0.15) is 5.82 Å². The van der Waals surface area contributed by atoms with Crippen LogP contribution in [0, 0.1) is 21.4 Å². The SMILES string of the molecule is CCN(CCC#N)c1nc(NN)ccc1[N+](=O)[O-]. The van der Waals surface area contributed by atoms with Crippen LogP contribution in [0.15, 0.2) is 12.1 Å². The van der Waals surface area contributed by atoms with E-state index in [4.69, 9.17) is 11.1 Å². The molecule has 1 heterocycles. The van der Waals surface area contributed by atoms with Gasteiger partial charge in [0, 0.05) is 19.2 Å². The first kappa shape index (κ1) is 13.7. The molecule has 0 saturated heterocycles. The zero-order chi connectivity index (χ0) is 13.5. The highest BCUT2D eigenvalue weighted by molar-refractivity contribution is 5.61. The lowest BCUT2D eigenvalue weighted by Gasteiger charge is -2.20. The fourth-order valence-corrected chi connectivity index (χ4v) is 1.50. The molecule has 0 aliphatic carbocycles. The van der Waals surface area contributed by atoms with Gasteiger partial charge in [-0.1, -0.05) is 0 Å². The predicted molar refractivity (Wildman–Crippen MR) is 66.8 cm³/mol. The lowest BCUT2D eigenvalue weighted by atomic mass is 10.3. The van der Waals surface area contributed by atoms with Crippen LogP contribution < -0.4 is 16.2 Å². The second-order valence-electron chi connectivity index (χ2n) is 3.43. The van der Waals surface area contributed by atoms with Crippen LogP contribution in [-0.4, -0.2) is 23.0 Å². The number of nitriles is 1. The van der Waals surface area contributed by atoms with Gasteiger partial charge in [-0.3, -0.25) is 10.1 Å². The molecule has 0 saturated carbocycles. The topological polar surface area (TPSA) is 121 Å². The highest BCUT2D eigenvalue weighted by Gasteiger charge is 2.20. The number of pyridine rings is 1. The van der Waals surface area contributed by atoms with Gasteiger partial charge in [-0.05, 0) is 13.0 Å². The second kappa shape index (κ2) is 6.36. The molecule has 0 radical (unpaired) electrons. The highest BCUT2D eigenvalue weighted by Crippen LogP contribution is 2.27. The van der Waals surface area contributed by atoms with E-state index in [1.54, 1.807) is 4.90 Å². The molecule has 0 aromatic carbocycles. The normalized spacial score (nSPS) is 9.61. The Kier molecular flexibility index (Phi) is 4.83. The molecule has 0 amide bonds. The van der Waals surface area contributed by atoms with Crippen molar-refractivity contribution in [1.29, 1.82) is 5.26 Å². The van der Waals surface area contributed by atoms with Crippen LogP contribution in [0.25, 0.3) is 0 Å². The number of rotatable bonds is 6. The number of anilines is 2. The third-order valence-corrected chi connectivity index (χ3v) is 2.37. The molecule has 0 spiro atoms. The fourth-order valence-electron chi connectivity index (χ4n) is 1.50. The number of hydrazine groups is 1. The molecule has 96 valence electrons. The van der Waals surface area contributed by atoms with Crippen molar-refractivity contribution in [1.82, 2.24) is 4.98 Å². The van der Waals surface area contributed by atoms with E-state index in [2.05, 4.69) is 10.4 Å². The Morgan fingerprint density at radius 3 is 2.89 bits per heavy atom. The zero-order valence-electron chi connectivity index (χ0n) is 9.96. The number of nitrogen functional groups attached to an aromatic ring is 1. The van der Waals surface area contributed by atoms with Crippen LogP contribution in [0.1, 0.15) is 13.3 Å². The smallest absolute Gasteiger partial charge is 0.311 e. The Morgan fingerprint density at radius 2 is 2.39 bits per heavy atom. The molecule has 1 rings (SSSR count). The third-order valence-electron chi connectivity index (χ3n) is 2.37. The molecular weight excluding hydrogens is 236 g/mol. The van der Waals surface area contributed by atoms with Crippen LogP contribution in [0.3, 0.4) is 0 Å². The Hall–Kier alpha value is -2.40. The molecule has 8 heteroatoms. The maximum Gasteiger partial charge on any atom is 0.311 e. The number of nitrogens with one attached hydrogen (secondary N) is 1. The predicted octanol–water partition coefficient (Wildman–Crippen LogP) is 1.02.